The van der Waals surface area contributed by atoms with E-state index < -0.39 is 25.3 Å². The smallest absolute Gasteiger partial charge is 0.526 e. The number of para-hydroxylation sites is 1. The van der Waals surface area contributed by atoms with Crippen molar-refractivity contribution >= 4 is 24.8 Å². The molecule has 0 aromatic heterocycles. The molecule has 1 aliphatic rings. The van der Waals surface area contributed by atoms with E-state index >= 15 is 0 Å². The van der Waals surface area contributed by atoms with Crippen molar-refractivity contribution in [1.29, 1.82) is 0 Å². The Labute approximate surface area is 171 Å². The maximum atomic E-state index is 12.8. The molecule has 0 saturated carbocycles. The monoisotopic (exact) mass is 404 g/mol. The van der Waals surface area contributed by atoms with Crippen LogP contribution in [0.25, 0.3) is 0 Å². The molecule has 0 aliphatic carbocycles. The highest BCUT2D eigenvalue weighted by Gasteiger charge is 2.38. The highest BCUT2D eigenvalue weighted by Crippen LogP contribution is 2.37. The fraction of sp³-hybridized carbons (Fsp3) is 0.571. The topological polar surface area (TPSA) is 99.1 Å². The van der Waals surface area contributed by atoms with Gasteiger partial charge in [-0.3, -0.25) is 9.59 Å². The van der Waals surface area contributed by atoms with Crippen LogP contribution in [0.1, 0.15) is 63.4 Å². The third kappa shape index (κ3) is 5.82. The minimum absolute atomic E-state index is 0.0448. The molecule has 0 amide bonds. The van der Waals surface area contributed by atoms with Gasteiger partial charge in [0.05, 0.1) is 5.92 Å². The summed E-state index contributed by atoms with van der Waals surface area (Å²) in [7, 11) is -1.19. The first kappa shape index (κ1) is 22.9. The summed E-state index contributed by atoms with van der Waals surface area (Å²) in [5.74, 6) is -1.82. The summed E-state index contributed by atoms with van der Waals surface area (Å²) in [6, 6.07) is 5.02. The van der Waals surface area contributed by atoms with Crippen molar-refractivity contribution in [3.63, 3.8) is 0 Å². The van der Waals surface area contributed by atoms with Crippen LogP contribution in [0, 0.1) is 11.8 Å². The quantitative estimate of drug-likeness (QED) is 0.404. The van der Waals surface area contributed by atoms with Crippen molar-refractivity contribution in [3.8, 4) is 5.75 Å². The molecule has 1 N–H and O–H groups in total. The number of Topliss-reactive ketones (excluding diaryl/α,β-unsaturated/α-hetero) is 1. The number of carbonyl (C=O) groups excluding carboxylic acids is 3. The molecular formula is C21H29BO7. The average molecular weight is 404 g/mol. The largest absolute Gasteiger partial charge is 0.535 e. The Kier molecular flexibility index (Phi) is 7.84. The minimum atomic E-state index is -1.19. The van der Waals surface area contributed by atoms with Gasteiger partial charge in [0.15, 0.2) is 0 Å². The molecule has 1 aromatic rings. The molecule has 2 atom stereocenters. The Balaban J connectivity index is 2.19. The van der Waals surface area contributed by atoms with E-state index in [1.807, 2.05) is 0 Å². The van der Waals surface area contributed by atoms with Crippen LogP contribution in [0.4, 0.5) is 0 Å². The van der Waals surface area contributed by atoms with E-state index in [1.165, 1.54) is 6.07 Å². The molecule has 0 saturated heterocycles. The van der Waals surface area contributed by atoms with E-state index in [1.54, 1.807) is 46.8 Å². The average Bonchev–Trinajstić information content (AvgIpc) is 2.66. The van der Waals surface area contributed by atoms with Gasteiger partial charge in [-0.25, -0.2) is 4.79 Å². The zero-order valence-electron chi connectivity index (χ0n) is 17.6. The zero-order valence-corrected chi connectivity index (χ0v) is 17.6. The van der Waals surface area contributed by atoms with Crippen molar-refractivity contribution in [2.75, 3.05) is 0 Å². The first-order chi connectivity index (χ1) is 13.6. The number of carbonyl (C=O) groups is 3. The molecule has 8 heteroatoms. The summed E-state index contributed by atoms with van der Waals surface area (Å²) < 4.78 is 16.3. The lowest BCUT2D eigenvalue weighted by molar-refractivity contribution is -0.179. The maximum absolute atomic E-state index is 12.8. The van der Waals surface area contributed by atoms with Gasteiger partial charge >= 0.3 is 19.1 Å². The molecular weight excluding hydrogens is 375 g/mol. The SMILES string of the molecule is CCC(=O)C[C@H]1Cc2cccc(C(=O)OC(OC(=O)C(C)C)C(C)C)c2OB1O. The summed E-state index contributed by atoms with van der Waals surface area (Å²) in [4.78, 5) is 36.4. The van der Waals surface area contributed by atoms with E-state index in [2.05, 4.69) is 0 Å². The predicted octanol–water partition coefficient (Wildman–Crippen LogP) is 3.18. The summed E-state index contributed by atoms with van der Waals surface area (Å²) in [5.41, 5.74) is 0.868. The Hall–Kier alpha value is -2.35. The second-order valence-electron chi connectivity index (χ2n) is 7.97. The van der Waals surface area contributed by atoms with Crippen LogP contribution < -0.4 is 4.65 Å². The lowest BCUT2D eigenvalue weighted by atomic mass is 9.64. The van der Waals surface area contributed by atoms with E-state index in [9.17, 15) is 19.4 Å². The number of benzene rings is 1. The summed E-state index contributed by atoms with van der Waals surface area (Å²) >= 11 is 0. The van der Waals surface area contributed by atoms with Crippen molar-refractivity contribution in [2.45, 2.75) is 66.0 Å². The molecule has 1 heterocycles. The highest BCUT2D eigenvalue weighted by molar-refractivity contribution is 6.47. The molecule has 0 radical (unpaired) electrons. The van der Waals surface area contributed by atoms with Crippen LogP contribution in [-0.4, -0.2) is 36.2 Å². The van der Waals surface area contributed by atoms with Gasteiger partial charge in [0, 0.05) is 24.6 Å². The molecule has 1 aromatic carbocycles. The second kappa shape index (κ2) is 9.92. The third-order valence-corrected chi connectivity index (χ3v) is 4.80. The van der Waals surface area contributed by atoms with Crippen LogP contribution in [0.5, 0.6) is 5.75 Å². The fourth-order valence-corrected chi connectivity index (χ4v) is 2.97. The van der Waals surface area contributed by atoms with Crippen molar-refractivity contribution < 1.29 is 33.5 Å². The molecule has 7 nitrogen and oxygen atoms in total. The predicted molar refractivity (Wildman–Crippen MR) is 107 cm³/mol. The standard InChI is InChI=1S/C21H29BO7/c1-6-16(23)11-15-10-14-8-7-9-17(18(14)29-22(15)26)20(25)28-21(13(4)5)27-19(24)12(2)3/h7-9,12-13,15,21,26H,6,10-11H2,1-5H3/t15-,21?/m1/s1. The number of hydrogen-bond donors (Lipinski definition) is 1. The van der Waals surface area contributed by atoms with Crippen molar-refractivity contribution in [1.82, 2.24) is 0 Å². The van der Waals surface area contributed by atoms with E-state index in [-0.39, 0.29) is 41.2 Å². The zero-order chi connectivity index (χ0) is 21.7. The molecule has 0 bridgehead atoms. The van der Waals surface area contributed by atoms with Crippen LogP contribution in [-0.2, 0) is 25.5 Å². The summed E-state index contributed by atoms with van der Waals surface area (Å²) in [5, 5.41) is 10.3. The highest BCUT2D eigenvalue weighted by atomic mass is 16.7. The molecule has 29 heavy (non-hydrogen) atoms. The number of fused-ring (bicyclic) bond motifs is 1. The summed E-state index contributed by atoms with van der Waals surface area (Å²) in [6.45, 7) is 8.73. The minimum Gasteiger partial charge on any atom is -0.535 e. The fourth-order valence-electron chi connectivity index (χ4n) is 2.97. The Morgan fingerprint density at radius 1 is 1.21 bits per heavy atom. The molecule has 1 aliphatic heterocycles. The number of ketones is 1. The maximum Gasteiger partial charge on any atom is 0.526 e. The van der Waals surface area contributed by atoms with Gasteiger partial charge in [-0.05, 0) is 18.1 Å². The Bertz CT molecular complexity index is 759. The lowest BCUT2D eigenvalue weighted by Crippen LogP contribution is -2.36. The first-order valence-electron chi connectivity index (χ1n) is 10.0. The molecule has 2 rings (SSSR count). The Morgan fingerprint density at radius 3 is 2.48 bits per heavy atom. The first-order valence-corrected chi connectivity index (χ1v) is 10.0. The Morgan fingerprint density at radius 2 is 1.90 bits per heavy atom. The van der Waals surface area contributed by atoms with Crippen LogP contribution in [0.15, 0.2) is 18.2 Å². The lowest BCUT2D eigenvalue weighted by Gasteiger charge is -2.29. The number of rotatable bonds is 8. The number of hydrogen-bond acceptors (Lipinski definition) is 7. The molecule has 1 unspecified atom stereocenters. The number of ether oxygens (including phenoxy) is 2. The van der Waals surface area contributed by atoms with Gasteiger partial charge in [-0.15, -0.1) is 0 Å². The van der Waals surface area contributed by atoms with E-state index in [0.717, 1.165) is 5.56 Å². The third-order valence-electron chi connectivity index (χ3n) is 4.80. The van der Waals surface area contributed by atoms with Gasteiger partial charge in [0.1, 0.15) is 17.1 Å². The van der Waals surface area contributed by atoms with Crippen molar-refractivity contribution in [3.05, 3.63) is 29.3 Å². The second-order valence-corrected chi connectivity index (χ2v) is 7.97. The normalized spacial score (nSPS) is 16.8. The van der Waals surface area contributed by atoms with E-state index in [4.69, 9.17) is 14.1 Å². The van der Waals surface area contributed by atoms with Gasteiger partial charge in [0.25, 0.3) is 0 Å². The van der Waals surface area contributed by atoms with Crippen molar-refractivity contribution in [2.24, 2.45) is 11.8 Å². The van der Waals surface area contributed by atoms with Crippen LogP contribution in [0.2, 0.25) is 5.82 Å². The van der Waals surface area contributed by atoms with Gasteiger partial charge in [0.2, 0.25) is 6.29 Å². The molecule has 0 spiro atoms. The van der Waals surface area contributed by atoms with Gasteiger partial charge in [-0.2, -0.15) is 0 Å². The van der Waals surface area contributed by atoms with Crippen LogP contribution >= 0.6 is 0 Å². The van der Waals surface area contributed by atoms with Gasteiger partial charge in [-0.1, -0.05) is 46.8 Å². The molecule has 158 valence electrons. The summed E-state index contributed by atoms with van der Waals surface area (Å²) in [6.07, 6.45) is -0.00327. The van der Waals surface area contributed by atoms with Gasteiger partial charge < -0.3 is 19.2 Å². The van der Waals surface area contributed by atoms with Crippen LogP contribution in [0.3, 0.4) is 0 Å². The van der Waals surface area contributed by atoms with E-state index in [0.29, 0.717) is 12.8 Å². The molecule has 0 fully saturated rings. The number of esters is 2.